The van der Waals surface area contributed by atoms with Gasteiger partial charge in [0.1, 0.15) is 29.2 Å². The molecule has 0 bridgehead atoms. The number of hydrogen-bond donors (Lipinski definition) is 3. The van der Waals surface area contributed by atoms with E-state index in [0.717, 1.165) is 69.4 Å². The zero-order chi connectivity index (χ0) is 48.0. The Kier molecular flexibility index (Phi) is 13.1. The molecule has 9 rings (SSSR count). The average molecular weight is 945 g/mol. The largest absolute Gasteiger partial charge is 0.444 e. The molecule has 1 saturated carbocycles. The number of benzene rings is 1. The minimum Gasteiger partial charge on any atom is -0.444 e. The first-order chi connectivity index (χ1) is 32.5. The summed E-state index contributed by atoms with van der Waals surface area (Å²) in [5.41, 5.74) is 1.40. The number of piperidine rings is 3. The highest BCUT2D eigenvalue weighted by Crippen LogP contribution is 2.37. The third-order valence-corrected chi connectivity index (χ3v) is 14.0. The number of ether oxygens (including phenoxy) is 1. The van der Waals surface area contributed by atoms with Crippen molar-refractivity contribution in [2.45, 2.75) is 127 Å². The van der Waals surface area contributed by atoms with E-state index in [0.29, 0.717) is 36.3 Å². The fourth-order valence-corrected chi connectivity index (χ4v) is 10.5. The third-order valence-electron chi connectivity index (χ3n) is 14.0. The van der Waals surface area contributed by atoms with Crippen molar-refractivity contribution in [1.29, 1.82) is 0 Å². The maximum atomic E-state index is 15.0. The lowest BCUT2D eigenvalue weighted by atomic mass is 9.85. The van der Waals surface area contributed by atoms with E-state index in [9.17, 15) is 37.1 Å². The molecule has 4 aromatic rings. The van der Waals surface area contributed by atoms with Crippen LogP contribution in [0.2, 0.25) is 0 Å². The van der Waals surface area contributed by atoms with E-state index in [2.05, 4.69) is 54.0 Å². The molecule has 4 fully saturated rings. The zero-order valence-electron chi connectivity index (χ0n) is 38.8. The second-order valence-corrected chi connectivity index (χ2v) is 19.9. The molecule has 0 spiro atoms. The lowest BCUT2D eigenvalue weighted by Crippen LogP contribution is -2.52. The summed E-state index contributed by atoms with van der Waals surface area (Å²) in [6.07, 6.45) is 5.41. The maximum absolute atomic E-state index is 15.0. The Morgan fingerprint density at radius 3 is 2.49 bits per heavy atom. The van der Waals surface area contributed by atoms with E-state index in [-0.39, 0.29) is 60.7 Å². The summed E-state index contributed by atoms with van der Waals surface area (Å²) >= 11 is 0. The Morgan fingerprint density at radius 2 is 1.76 bits per heavy atom. The molecule has 7 heterocycles. The van der Waals surface area contributed by atoms with Crippen LogP contribution in [-0.4, -0.2) is 134 Å². The monoisotopic (exact) mass is 944 g/mol. The van der Waals surface area contributed by atoms with Gasteiger partial charge in [0.15, 0.2) is 11.3 Å². The molecule has 3 N–H and O–H groups in total. The van der Waals surface area contributed by atoms with Crippen LogP contribution >= 0.6 is 0 Å². The first kappa shape index (κ1) is 46.8. The van der Waals surface area contributed by atoms with Crippen molar-refractivity contribution in [3.8, 4) is 0 Å². The van der Waals surface area contributed by atoms with E-state index in [1.54, 1.807) is 47.5 Å². The van der Waals surface area contributed by atoms with Gasteiger partial charge in [0, 0.05) is 75.3 Å². The minimum atomic E-state index is -2.94. The fraction of sp³-hybridized carbons (Fsp3) is 0.574. The van der Waals surface area contributed by atoms with Gasteiger partial charge in [0.2, 0.25) is 11.8 Å². The van der Waals surface area contributed by atoms with Crippen molar-refractivity contribution in [2.75, 3.05) is 54.9 Å². The second-order valence-electron chi connectivity index (χ2n) is 19.9. The van der Waals surface area contributed by atoms with Gasteiger partial charge in [-0.05, 0) is 109 Å². The summed E-state index contributed by atoms with van der Waals surface area (Å²) < 4.78 is 52.1. The molecule has 1 aromatic carbocycles. The van der Waals surface area contributed by atoms with Gasteiger partial charge >= 0.3 is 6.09 Å². The normalized spacial score (nSPS) is 23.9. The second kappa shape index (κ2) is 19.0. The molecule has 5 amide bonds. The number of carbonyl (C=O) groups is 5. The molecule has 364 valence electrons. The first-order valence-electron chi connectivity index (χ1n) is 23.6. The summed E-state index contributed by atoms with van der Waals surface area (Å²) in [5.74, 6) is -0.814. The maximum Gasteiger partial charge on any atom is 0.407 e. The zero-order valence-corrected chi connectivity index (χ0v) is 38.8. The number of alkyl carbamates (subject to hydrolysis) is 1. The quantitative estimate of drug-likeness (QED) is 0.157. The van der Waals surface area contributed by atoms with Gasteiger partial charge in [0.25, 0.3) is 18.2 Å². The number of alkyl halides is 3. The van der Waals surface area contributed by atoms with Crippen LogP contribution in [0.15, 0.2) is 42.9 Å². The van der Waals surface area contributed by atoms with Gasteiger partial charge in [0.05, 0.1) is 30.5 Å². The van der Waals surface area contributed by atoms with Crippen LogP contribution in [0.25, 0.3) is 5.65 Å². The Balaban J connectivity index is 0.767. The van der Waals surface area contributed by atoms with E-state index in [1.165, 1.54) is 16.9 Å². The number of carbonyl (C=O) groups excluding carboxylic acids is 5. The molecule has 5 aliphatic rings. The number of nitrogens with one attached hydrogen (secondary N) is 3. The molecular weight excluding hydrogens is 886 g/mol. The summed E-state index contributed by atoms with van der Waals surface area (Å²) in [6, 6.07) is 6.61. The van der Waals surface area contributed by atoms with Crippen LogP contribution in [0, 0.1) is 5.92 Å². The van der Waals surface area contributed by atoms with Gasteiger partial charge in [-0.3, -0.25) is 29.2 Å². The molecule has 0 radical (unpaired) electrons. The highest BCUT2D eigenvalue weighted by atomic mass is 19.3. The SMILES string of the molecule is CN(CC1CCC(n2cc(NC(=O)c3cnn4ccc(N5C[C@H](F)C[C@@H](NC(=O)OC(C)(C)C)C5)nc34)c(C(F)F)n2)CC1)C1CCN(c2ccc3c(c2)CN(C2CCC(=O)NC2=O)C3=O)CC1. The van der Waals surface area contributed by atoms with Crippen molar-refractivity contribution in [2.24, 2.45) is 5.92 Å². The fourth-order valence-electron chi connectivity index (χ4n) is 10.5. The van der Waals surface area contributed by atoms with E-state index in [1.807, 2.05) is 12.1 Å². The molecule has 3 saturated heterocycles. The predicted octanol–water partition coefficient (Wildman–Crippen LogP) is 5.65. The number of imide groups is 1. The van der Waals surface area contributed by atoms with Crippen molar-refractivity contribution in [3.05, 3.63) is 65.2 Å². The number of fused-ring (bicyclic) bond motifs is 2. The van der Waals surface area contributed by atoms with Gasteiger partial charge in [-0.1, -0.05) is 0 Å². The standard InChI is InChI=1S/C47H59F3N12O6/c1-47(2,3)68-46(67)52-30-20-29(48)24-59(25-30)38-15-18-61-42(54-38)35(21-51-61)43(64)53-36-26-62(56-40(36)41(49)50)32-7-5-27(6-8-32)22-57(4)31-13-16-58(17-14-31)33-9-10-34-28(19-33)23-60(45(34)66)37-11-12-39(63)55-44(37)65/h9-10,15,18-19,21,26-27,29-32,37,41H,5-8,11-14,16-17,20,22-25H2,1-4H3,(H,52,67)(H,53,64)(H,55,63,65)/t27?,29-,30-,32?,37?/m1/s1. The van der Waals surface area contributed by atoms with Crippen LogP contribution in [0.1, 0.15) is 123 Å². The number of nitrogens with zero attached hydrogens (tertiary/aromatic N) is 9. The average Bonchev–Trinajstić information content (AvgIpc) is 4.01. The topological polar surface area (TPSA) is 192 Å². The number of anilines is 3. The predicted molar refractivity (Wildman–Crippen MR) is 244 cm³/mol. The molecule has 3 atom stereocenters. The van der Waals surface area contributed by atoms with Gasteiger partial charge in [-0.2, -0.15) is 10.2 Å². The summed E-state index contributed by atoms with van der Waals surface area (Å²) in [7, 11) is 2.17. The molecular formula is C47H59F3N12O6. The number of hydrogen-bond acceptors (Lipinski definition) is 12. The Hall–Kier alpha value is -6.25. The summed E-state index contributed by atoms with van der Waals surface area (Å²) in [6.45, 7) is 8.47. The van der Waals surface area contributed by atoms with Crippen LogP contribution in [0.3, 0.4) is 0 Å². The number of halogens is 3. The van der Waals surface area contributed by atoms with Crippen LogP contribution in [0.5, 0.6) is 0 Å². The molecule has 4 aliphatic heterocycles. The van der Waals surface area contributed by atoms with Gasteiger partial charge < -0.3 is 35.0 Å². The first-order valence-corrected chi connectivity index (χ1v) is 23.6. The molecule has 18 nitrogen and oxygen atoms in total. The molecule has 3 aromatic heterocycles. The summed E-state index contributed by atoms with van der Waals surface area (Å²) in [5, 5.41) is 16.2. The Morgan fingerprint density at radius 1 is 1.00 bits per heavy atom. The number of amides is 5. The van der Waals surface area contributed by atoms with E-state index < -0.39 is 53.9 Å². The van der Waals surface area contributed by atoms with Crippen LogP contribution < -0.4 is 25.8 Å². The lowest BCUT2D eigenvalue weighted by Gasteiger charge is -2.40. The molecule has 21 heteroatoms. The smallest absolute Gasteiger partial charge is 0.407 e. The molecule has 68 heavy (non-hydrogen) atoms. The third kappa shape index (κ3) is 10.1. The Labute approximate surface area is 391 Å². The summed E-state index contributed by atoms with van der Waals surface area (Å²) in [4.78, 5) is 76.2. The van der Waals surface area contributed by atoms with Crippen molar-refractivity contribution in [1.82, 2.24) is 44.8 Å². The van der Waals surface area contributed by atoms with Crippen LogP contribution in [-0.2, 0) is 20.9 Å². The van der Waals surface area contributed by atoms with E-state index in [4.69, 9.17) is 4.74 Å². The van der Waals surface area contributed by atoms with Crippen molar-refractivity contribution in [3.63, 3.8) is 0 Å². The molecule has 1 unspecified atom stereocenters. The number of aromatic nitrogens is 5. The highest BCUT2D eigenvalue weighted by Gasteiger charge is 2.40. The number of rotatable bonds is 11. The highest BCUT2D eigenvalue weighted by molar-refractivity contribution is 6.08. The lowest BCUT2D eigenvalue weighted by molar-refractivity contribution is -0.136. The Bertz CT molecular complexity index is 2560. The van der Waals surface area contributed by atoms with Crippen molar-refractivity contribution < 1.29 is 41.9 Å². The van der Waals surface area contributed by atoms with Crippen LogP contribution in [0.4, 0.5) is 35.2 Å². The minimum absolute atomic E-state index is 0.0161. The van der Waals surface area contributed by atoms with E-state index >= 15 is 0 Å². The van der Waals surface area contributed by atoms with Crippen molar-refractivity contribution >= 4 is 52.6 Å². The van der Waals surface area contributed by atoms with Gasteiger partial charge in [-0.25, -0.2) is 27.5 Å². The molecule has 1 aliphatic carbocycles. The van der Waals surface area contributed by atoms with Gasteiger partial charge in [-0.15, -0.1) is 0 Å².